The summed E-state index contributed by atoms with van der Waals surface area (Å²) in [6, 6.07) is 9.95. The molecule has 0 amide bonds. The first-order valence-electron chi connectivity index (χ1n) is 6.41. The van der Waals surface area contributed by atoms with Crippen molar-refractivity contribution >= 4 is 39.0 Å². The molecule has 0 bridgehead atoms. The minimum absolute atomic E-state index is 0.176. The van der Waals surface area contributed by atoms with Gasteiger partial charge in [0.05, 0.1) is 5.69 Å². The van der Waals surface area contributed by atoms with Gasteiger partial charge in [-0.05, 0) is 0 Å². The van der Waals surface area contributed by atoms with Gasteiger partial charge in [0, 0.05) is 17.1 Å². The van der Waals surface area contributed by atoms with E-state index < -0.39 is 0 Å². The smallest absolute Gasteiger partial charge is 0.292 e. The van der Waals surface area contributed by atoms with E-state index in [1.807, 2.05) is 35.7 Å². The summed E-state index contributed by atoms with van der Waals surface area (Å²) in [6.07, 6.45) is 3.02. The number of nitrogens with zero attached hydrogens (tertiary/aromatic N) is 4. The van der Waals surface area contributed by atoms with Gasteiger partial charge in [-0.15, -0.1) is 11.3 Å². The molecule has 108 valence electrons. The van der Waals surface area contributed by atoms with Crippen LogP contribution in [0.3, 0.4) is 0 Å². The summed E-state index contributed by atoms with van der Waals surface area (Å²) in [5.74, 6) is 0. The molecule has 6 nitrogen and oxygen atoms in total. The maximum atomic E-state index is 12.0. The molecule has 1 N–H and O–H groups in total. The van der Waals surface area contributed by atoms with E-state index in [9.17, 15) is 4.79 Å². The number of rotatable bonds is 3. The van der Waals surface area contributed by atoms with Gasteiger partial charge in [-0.2, -0.15) is 9.61 Å². The normalized spacial score (nSPS) is 12.1. The molecule has 0 radical (unpaired) electrons. The molecule has 0 atom stereocenters. The highest BCUT2D eigenvalue weighted by atomic mass is 32.1. The molecule has 22 heavy (non-hydrogen) atoms. The molecule has 0 saturated carbocycles. The Morgan fingerprint density at radius 2 is 2.09 bits per heavy atom. The zero-order valence-corrected chi connectivity index (χ0v) is 12.8. The molecule has 1 aromatic carbocycles. The fraction of sp³-hybridized carbons (Fsp3) is 0. The van der Waals surface area contributed by atoms with Crippen molar-refractivity contribution in [2.75, 3.05) is 5.32 Å². The third kappa shape index (κ3) is 2.28. The van der Waals surface area contributed by atoms with Crippen LogP contribution in [0.2, 0.25) is 0 Å². The third-order valence-corrected chi connectivity index (χ3v) is 4.77. The number of nitrogens with one attached hydrogen (secondary N) is 1. The van der Waals surface area contributed by atoms with Gasteiger partial charge in [0.25, 0.3) is 5.56 Å². The summed E-state index contributed by atoms with van der Waals surface area (Å²) in [5.41, 5.74) is 1.80. The molecule has 0 spiro atoms. The predicted octanol–water partition coefficient (Wildman–Crippen LogP) is 1.84. The Labute approximate surface area is 132 Å². The Balaban J connectivity index is 1.63. The van der Waals surface area contributed by atoms with E-state index in [0.29, 0.717) is 9.49 Å². The standard InChI is InChI=1S/C14H9N5OS2/c20-12-11(22-14-16-8-17-19(12)14)6-15-13-18-10(7-21-13)9-4-2-1-3-5-9/h1-8H,(H,15,18)/b11-6-. The maximum absolute atomic E-state index is 12.0. The average molecular weight is 327 g/mol. The first-order valence-corrected chi connectivity index (χ1v) is 8.11. The van der Waals surface area contributed by atoms with E-state index in [4.69, 9.17) is 0 Å². The van der Waals surface area contributed by atoms with Gasteiger partial charge in [-0.1, -0.05) is 41.7 Å². The second-order valence-corrected chi connectivity index (χ2v) is 6.29. The van der Waals surface area contributed by atoms with E-state index in [-0.39, 0.29) is 5.56 Å². The van der Waals surface area contributed by atoms with Crippen molar-refractivity contribution in [2.45, 2.75) is 0 Å². The predicted molar refractivity (Wildman–Crippen MR) is 88.0 cm³/mol. The number of thiazole rings is 2. The lowest BCUT2D eigenvalue weighted by Crippen LogP contribution is -2.24. The molecular formula is C14H9N5OS2. The number of anilines is 1. The molecule has 0 fully saturated rings. The molecule has 3 aromatic heterocycles. The summed E-state index contributed by atoms with van der Waals surface area (Å²) in [6.45, 7) is 0. The quantitative estimate of drug-likeness (QED) is 0.622. The topological polar surface area (TPSA) is 72.2 Å². The van der Waals surface area contributed by atoms with Crippen molar-refractivity contribution < 1.29 is 0 Å². The van der Waals surface area contributed by atoms with Crippen molar-refractivity contribution in [1.29, 1.82) is 0 Å². The molecule has 0 unspecified atom stereocenters. The number of aromatic nitrogens is 4. The highest BCUT2D eigenvalue weighted by Gasteiger charge is 2.06. The van der Waals surface area contributed by atoms with E-state index in [2.05, 4.69) is 20.4 Å². The highest BCUT2D eigenvalue weighted by Crippen LogP contribution is 2.24. The third-order valence-electron chi connectivity index (χ3n) is 3.02. The van der Waals surface area contributed by atoms with Gasteiger partial charge in [0.2, 0.25) is 4.96 Å². The van der Waals surface area contributed by atoms with Crippen molar-refractivity contribution in [3.05, 3.63) is 56.9 Å². The Bertz CT molecular complexity index is 1030. The maximum Gasteiger partial charge on any atom is 0.292 e. The molecular weight excluding hydrogens is 318 g/mol. The zero-order valence-electron chi connectivity index (χ0n) is 11.1. The Hall–Kier alpha value is -2.58. The summed E-state index contributed by atoms with van der Waals surface area (Å²) in [7, 11) is 0. The van der Waals surface area contributed by atoms with Gasteiger partial charge in [0.15, 0.2) is 5.13 Å². The first kappa shape index (κ1) is 13.1. The summed E-state index contributed by atoms with van der Waals surface area (Å²) >= 11 is 2.78. The summed E-state index contributed by atoms with van der Waals surface area (Å²) in [5, 5.41) is 9.66. The molecule has 0 aliphatic heterocycles. The number of fused-ring (bicyclic) bond motifs is 1. The van der Waals surface area contributed by atoms with Gasteiger partial charge in [0.1, 0.15) is 10.9 Å². The van der Waals surface area contributed by atoms with Gasteiger partial charge < -0.3 is 5.32 Å². The zero-order chi connectivity index (χ0) is 14.9. The highest BCUT2D eigenvalue weighted by molar-refractivity contribution is 7.15. The molecule has 4 rings (SSSR count). The van der Waals surface area contributed by atoms with Crippen molar-refractivity contribution in [3.8, 4) is 11.3 Å². The van der Waals surface area contributed by atoms with Crippen LogP contribution in [0.1, 0.15) is 0 Å². The van der Waals surface area contributed by atoms with Crippen molar-refractivity contribution in [1.82, 2.24) is 19.6 Å². The van der Waals surface area contributed by atoms with Crippen LogP contribution in [0.25, 0.3) is 22.4 Å². The average Bonchev–Trinajstić information content (AvgIpc) is 3.25. The minimum atomic E-state index is -0.176. The fourth-order valence-corrected chi connectivity index (χ4v) is 3.48. The first-order chi connectivity index (χ1) is 10.8. The van der Waals surface area contributed by atoms with Crippen LogP contribution >= 0.6 is 22.7 Å². The Kier molecular flexibility index (Phi) is 3.17. The second kappa shape index (κ2) is 5.32. The summed E-state index contributed by atoms with van der Waals surface area (Å²) in [4.78, 5) is 21.1. The van der Waals surface area contributed by atoms with Crippen LogP contribution < -0.4 is 15.4 Å². The van der Waals surface area contributed by atoms with Crippen LogP contribution in [-0.2, 0) is 0 Å². The molecule has 0 aliphatic rings. The van der Waals surface area contributed by atoms with Crippen molar-refractivity contribution in [3.63, 3.8) is 0 Å². The number of benzene rings is 1. The fourth-order valence-electron chi connectivity index (χ4n) is 1.99. The van der Waals surface area contributed by atoms with Gasteiger partial charge in [-0.3, -0.25) is 4.79 Å². The molecule has 3 heterocycles. The lowest BCUT2D eigenvalue weighted by Gasteiger charge is -1.94. The van der Waals surface area contributed by atoms with Crippen LogP contribution in [0, 0.1) is 0 Å². The lowest BCUT2D eigenvalue weighted by atomic mass is 10.2. The summed E-state index contributed by atoms with van der Waals surface area (Å²) < 4.78 is 1.84. The van der Waals surface area contributed by atoms with E-state index in [0.717, 1.165) is 16.4 Å². The monoisotopic (exact) mass is 327 g/mol. The van der Waals surface area contributed by atoms with Crippen LogP contribution in [0.5, 0.6) is 0 Å². The van der Waals surface area contributed by atoms with Gasteiger partial charge in [-0.25, -0.2) is 9.97 Å². The van der Waals surface area contributed by atoms with Crippen molar-refractivity contribution in [2.24, 2.45) is 0 Å². The van der Waals surface area contributed by atoms with Gasteiger partial charge >= 0.3 is 0 Å². The number of hydrogen-bond donors (Lipinski definition) is 1. The lowest BCUT2D eigenvalue weighted by molar-refractivity contribution is 0.932. The van der Waals surface area contributed by atoms with Crippen LogP contribution in [0.4, 0.5) is 5.13 Å². The van der Waals surface area contributed by atoms with E-state index in [1.165, 1.54) is 33.5 Å². The van der Waals surface area contributed by atoms with E-state index >= 15 is 0 Å². The largest absolute Gasteiger partial charge is 0.336 e. The number of hydrogen-bond acceptors (Lipinski definition) is 7. The van der Waals surface area contributed by atoms with Crippen LogP contribution in [-0.4, -0.2) is 19.6 Å². The van der Waals surface area contributed by atoms with Crippen LogP contribution in [0.15, 0.2) is 46.8 Å². The Morgan fingerprint density at radius 1 is 1.23 bits per heavy atom. The molecule has 0 aliphatic carbocycles. The molecule has 4 aromatic rings. The van der Waals surface area contributed by atoms with E-state index in [1.54, 1.807) is 6.20 Å². The SMILES string of the molecule is O=c1/c(=C/Nc2nc(-c3ccccc3)cs2)sc2ncnn12. The molecule has 0 saturated heterocycles. The minimum Gasteiger partial charge on any atom is -0.336 e. The Morgan fingerprint density at radius 3 is 2.91 bits per heavy atom. The molecule has 8 heteroatoms. The second-order valence-electron chi connectivity index (χ2n) is 4.42.